The fourth-order valence-corrected chi connectivity index (χ4v) is 4.26. The second kappa shape index (κ2) is 9.72. The zero-order valence-electron chi connectivity index (χ0n) is 16.8. The van der Waals surface area contributed by atoms with E-state index in [0.29, 0.717) is 18.1 Å². The summed E-state index contributed by atoms with van der Waals surface area (Å²) in [6, 6.07) is 19.2. The molecule has 0 aliphatic heterocycles. The Bertz CT molecular complexity index is 1230. The summed E-state index contributed by atoms with van der Waals surface area (Å²) < 4.78 is 0. The number of aromatic nitrogens is 3. The topological polar surface area (TPSA) is 87.7 Å². The van der Waals surface area contributed by atoms with E-state index in [-0.39, 0.29) is 17.2 Å². The molecule has 4 rings (SSSR count). The predicted molar refractivity (Wildman–Crippen MR) is 126 cm³/mol. The van der Waals surface area contributed by atoms with Crippen molar-refractivity contribution in [2.75, 3.05) is 6.26 Å². The minimum absolute atomic E-state index is 0.126. The number of nitrogens with one attached hydrogen (secondary N) is 2. The molecule has 2 heterocycles. The zero-order valence-corrected chi connectivity index (χ0v) is 18.4. The molecule has 2 N–H and O–H groups in total. The lowest BCUT2D eigenvalue weighted by atomic mass is 10.1. The molecule has 8 heteroatoms. The molecule has 2 aromatic heterocycles. The van der Waals surface area contributed by atoms with E-state index in [1.807, 2.05) is 60.9 Å². The second-order valence-electron chi connectivity index (χ2n) is 6.79. The normalized spacial score (nSPS) is 10.7. The molecule has 1 amide bonds. The Hall–Kier alpha value is -3.23. The molecule has 4 aromatic rings. The molecule has 2 aromatic carbocycles. The van der Waals surface area contributed by atoms with Crippen molar-refractivity contribution in [3.05, 3.63) is 93.5 Å². The monoisotopic (exact) mass is 448 g/mol. The van der Waals surface area contributed by atoms with Gasteiger partial charge in [-0.05, 0) is 11.8 Å². The average Bonchev–Trinajstić information content (AvgIpc) is 3.29. The Morgan fingerprint density at radius 2 is 1.84 bits per heavy atom. The minimum atomic E-state index is -0.370. The van der Waals surface area contributed by atoms with E-state index < -0.39 is 0 Å². The molecule has 0 aliphatic carbocycles. The molecule has 0 bridgehead atoms. The number of amides is 1. The number of rotatable bonds is 7. The van der Waals surface area contributed by atoms with Crippen molar-refractivity contribution in [2.24, 2.45) is 0 Å². The summed E-state index contributed by atoms with van der Waals surface area (Å²) in [5, 5.41) is 5.82. The number of benzene rings is 2. The number of carbonyl (C=O) groups excluding carboxylic acids is 1. The summed E-state index contributed by atoms with van der Waals surface area (Å²) in [5.41, 5.74) is 3.83. The molecule has 0 spiro atoms. The van der Waals surface area contributed by atoms with Crippen LogP contribution in [-0.4, -0.2) is 27.1 Å². The van der Waals surface area contributed by atoms with E-state index in [2.05, 4.69) is 20.7 Å². The van der Waals surface area contributed by atoms with Crippen LogP contribution in [0.5, 0.6) is 0 Å². The smallest absolute Gasteiger partial charge is 0.270 e. The summed E-state index contributed by atoms with van der Waals surface area (Å²) in [6.07, 6.45) is 1.91. The van der Waals surface area contributed by atoms with Crippen LogP contribution in [0.1, 0.15) is 21.9 Å². The van der Waals surface area contributed by atoms with Gasteiger partial charge in [-0.2, -0.15) is 11.8 Å². The number of hydrogen-bond acceptors (Lipinski definition) is 6. The van der Waals surface area contributed by atoms with Crippen molar-refractivity contribution in [1.82, 2.24) is 20.3 Å². The van der Waals surface area contributed by atoms with E-state index in [0.717, 1.165) is 27.4 Å². The van der Waals surface area contributed by atoms with Crippen LogP contribution in [0.4, 0.5) is 0 Å². The van der Waals surface area contributed by atoms with Gasteiger partial charge < -0.3 is 10.3 Å². The van der Waals surface area contributed by atoms with Gasteiger partial charge in [-0.15, -0.1) is 11.3 Å². The molecule has 0 atom stereocenters. The third-order valence-electron chi connectivity index (χ3n) is 4.53. The number of thiazole rings is 1. The van der Waals surface area contributed by atoms with E-state index in [1.54, 1.807) is 11.3 Å². The van der Waals surface area contributed by atoms with Crippen LogP contribution in [0.3, 0.4) is 0 Å². The van der Waals surface area contributed by atoms with Crippen LogP contribution in [0, 0.1) is 0 Å². The van der Waals surface area contributed by atoms with Crippen LogP contribution in [0.2, 0.25) is 0 Å². The van der Waals surface area contributed by atoms with Gasteiger partial charge in [0.15, 0.2) is 0 Å². The molecule has 0 aliphatic rings. The number of H-pyrrole nitrogens is 1. The molecule has 6 nitrogen and oxygen atoms in total. The number of nitrogens with zero attached hydrogens (tertiary/aromatic N) is 2. The quantitative estimate of drug-likeness (QED) is 0.439. The fourth-order valence-electron chi connectivity index (χ4n) is 3.02. The van der Waals surface area contributed by atoms with Gasteiger partial charge in [0.2, 0.25) is 0 Å². The summed E-state index contributed by atoms with van der Waals surface area (Å²) in [5.74, 6) is 0.665. The fraction of sp³-hybridized carbons (Fsp3) is 0.130. The summed E-state index contributed by atoms with van der Waals surface area (Å²) in [6.45, 7) is 0.346. The third-order valence-corrected chi connectivity index (χ3v) is 5.99. The number of thioether (sulfide) groups is 1. The standard InChI is InChI=1S/C23H20N4O2S2/c1-30-14-20-25-18(11-21(28)27-20)22(29)24-12-15-7-9-17(10-8-15)23-26-19(13-31-23)16-5-3-2-4-6-16/h2-11,13H,12,14H2,1H3,(H,24,29)(H,25,27,28). The Labute approximate surface area is 187 Å². The van der Waals surface area contributed by atoms with Gasteiger partial charge in [0, 0.05) is 29.1 Å². The van der Waals surface area contributed by atoms with Gasteiger partial charge >= 0.3 is 0 Å². The maximum Gasteiger partial charge on any atom is 0.270 e. The predicted octanol–water partition coefficient (Wildman–Crippen LogP) is 4.35. The van der Waals surface area contributed by atoms with Crippen molar-refractivity contribution < 1.29 is 4.79 Å². The Morgan fingerprint density at radius 3 is 2.58 bits per heavy atom. The van der Waals surface area contributed by atoms with E-state index in [1.165, 1.54) is 17.8 Å². The van der Waals surface area contributed by atoms with Gasteiger partial charge in [-0.1, -0.05) is 54.6 Å². The van der Waals surface area contributed by atoms with Crippen molar-refractivity contribution in [1.29, 1.82) is 0 Å². The highest BCUT2D eigenvalue weighted by Gasteiger charge is 2.11. The van der Waals surface area contributed by atoms with Crippen LogP contribution in [0.25, 0.3) is 21.8 Å². The minimum Gasteiger partial charge on any atom is -0.347 e. The highest BCUT2D eigenvalue weighted by Crippen LogP contribution is 2.28. The van der Waals surface area contributed by atoms with Crippen molar-refractivity contribution in [3.8, 4) is 21.8 Å². The Kier molecular flexibility index (Phi) is 6.59. The lowest BCUT2D eigenvalue weighted by Crippen LogP contribution is -2.26. The van der Waals surface area contributed by atoms with Crippen LogP contribution >= 0.6 is 23.1 Å². The van der Waals surface area contributed by atoms with Gasteiger partial charge in [-0.25, -0.2) is 9.97 Å². The van der Waals surface area contributed by atoms with Gasteiger partial charge in [0.25, 0.3) is 11.5 Å². The molecule has 156 valence electrons. The average molecular weight is 449 g/mol. The summed E-state index contributed by atoms with van der Waals surface area (Å²) in [7, 11) is 0. The SMILES string of the molecule is CSCc1nc(C(=O)NCc2ccc(-c3nc(-c4ccccc4)cs3)cc2)cc(=O)[nH]1. The molecule has 0 unspecified atom stereocenters. The first kappa shape index (κ1) is 21.0. The number of aromatic amines is 1. The zero-order chi connectivity index (χ0) is 21.6. The number of hydrogen-bond donors (Lipinski definition) is 2. The van der Waals surface area contributed by atoms with Crippen LogP contribution < -0.4 is 10.9 Å². The van der Waals surface area contributed by atoms with E-state index in [9.17, 15) is 9.59 Å². The first-order valence-corrected chi connectivity index (χ1v) is 11.9. The Balaban J connectivity index is 1.41. The molecular formula is C23H20N4O2S2. The van der Waals surface area contributed by atoms with E-state index >= 15 is 0 Å². The highest BCUT2D eigenvalue weighted by molar-refractivity contribution is 7.97. The lowest BCUT2D eigenvalue weighted by molar-refractivity contribution is 0.0945. The van der Waals surface area contributed by atoms with Crippen LogP contribution in [-0.2, 0) is 12.3 Å². The van der Waals surface area contributed by atoms with Gasteiger partial charge in [0.05, 0.1) is 11.4 Å². The van der Waals surface area contributed by atoms with Crippen molar-refractivity contribution in [3.63, 3.8) is 0 Å². The van der Waals surface area contributed by atoms with Crippen molar-refractivity contribution in [2.45, 2.75) is 12.3 Å². The summed E-state index contributed by atoms with van der Waals surface area (Å²) in [4.78, 5) is 35.7. The molecular weight excluding hydrogens is 428 g/mol. The first-order chi connectivity index (χ1) is 15.1. The molecule has 0 saturated carbocycles. The van der Waals surface area contributed by atoms with Crippen molar-refractivity contribution >= 4 is 29.0 Å². The second-order valence-corrected chi connectivity index (χ2v) is 8.52. The Morgan fingerprint density at radius 1 is 1.06 bits per heavy atom. The molecule has 0 radical (unpaired) electrons. The maximum atomic E-state index is 12.4. The molecule has 0 fully saturated rings. The van der Waals surface area contributed by atoms with Crippen LogP contribution in [0.15, 0.2) is 70.8 Å². The maximum absolute atomic E-state index is 12.4. The number of carbonyl (C=O) groups is 1. The first-order valence-electron chi connectivity index (χ1n) is 9.60. The van der Waals surface area contributed by atoms with E-state index in [4.69, 9.17) is 4.98 Å². The highest BCUT2D eigenvalue weighted by atomic mass is 32.2. The largest absolute Gasteiger partial charge is 0.347 e. The lowest BCUT2D eigenvalue weighted by Gasteiger charge is -2.07. The third kappa shape index (κ3) is 5.28. The molecule has 31 heavy (non-hydrogen) atoms. The summed E-state index contributed by atoms with van der Waals surface area (Å²) >= 11 is 3.13. The van der Waals surface area contributed by atoms with Gasteiger partial charge in [-0.3, -0.25) is 9.59 Å². The molecule has 0 saturated heterocycles. The van der Waals surface area contributed by atoms with Gasteiger partial charge in [0.1, 0.15) is 16.5 Å².